The smallest absolute Gasteiger partial charge is 0.220 e. The molecule has 1 fully saturated rings. The number of hydrogen-bond acceptors (Lipinski definition) is 2. The van der Waals surface area contributed by atoms with Crippen LogP contribution in [0.3, 0.4) is 0 Å². The van der Waals surface area contributed by atoms with E-state index in [0.29, 0.717) is 12.3 Å². The first-order valence-electron chi connectivity index (χ1n) is 6.32. The summed E-state index contributed by atoms with van der Waals surface area (Å²) >= 11 is 0. The van der Waals surface area contributed by atoms with E-state index in [1.807, 2.05) is 0 Å². The normalized spacial score (nSPS) is 21.8. The molecule has 1 unspecified atom stereocenters. The van der Waals surface area contributed by atoms with Gasteiger partial charge in [-0.3, -0.25) is 4.79 Å². The second-order valence-corrected chi connectivity index (χ2v) is 5.96. The van der Waals surface area contributed by atoms with Crippen LogP contribution in [0, 0.1) is 11.3 Å². The minimum absolute atomic E-state index is 0.170. The van der Waals surface area contributed by atoms with Crippen molar-refractivity contribution in [2.45, 2.75) is 46.5 Å². The second kappa shape index (κ2) is 6.24. The molecule has 3 heteroatoms. The van der Waals surface area contributed by atoms with E-state index in [4.69, 9.17) is 4.74 Å². The average Bonchev–Trinajstić information content (AvgIpc) is 2.24. The molecule has 1 N–H and O–H groups in total. The van der Waals surface area contributed by atoms with Crippen LogP contribution in [0.5, 0.6) is 0 Å². The molecule has 0 aromatic heterocycles. The first kappa shape index (κ1) is 13.5. The monoisotopic (exact) mass is 227 g/mol. The van der Waals surface area contributed by atoms with Gasteiger partial charge in [-0.15, -0.1) is 0 Å². The first-order chi connectivity index (χ1) is 7.47. The first-order valence-corrected chi connectivity index (χ1v) is 6.32. The molecular formula is C13H25NO2. The fraction of sp³-hybridized carbons (Fsp3) is 0.923. The van der Waals surface area contributed by atoms with Crippen molar-refractivity contribution in [3.8, 4) is 0 Å². The summed E-state index contributed by atoms with van der Waals surface area (Å²) in [7, 11) is 0. The van der Waals surface area contributed by atoms with Crippen molar-refractivity contribution in [2.75, 3.05) is 19.8 Å². The van der Waals surface area contributed by atoms with Gasteiger partial charge in [0.15, 0.2) is 0 Å². The molecular weight excluding hydrogens is 202 g/mol. The van der Waals surface area contributed by atoms with Gasteiger partial charge in [0.1, 0.15) is 0 Å². The second-order valence-electron chi connectivity index (χ2n) is 5.96. The molecule has 0 aliphatic carbocycles. The van der Waals surface area contributed by atoms with Crippen molar-refractivity contribution in [1.82, 2.24) is 5.32 Å². The zero-order valence-electron chi connectivity index (χ0n) is 10.8. The zero-order chi connectivity index (χ0) is 12.0. The van der Waals surface area contributed by atoms with Gasteiger partial charge in [-0.2, -0.15) is 0 Å². The number of ether oxygens (including phenoxy) is 1. The highest BCUT2D eigenvalue weighted by Crippen LogP contribution is 2.18. The van der Waals surface area contributed by atoms with E-state index < -0.39 is 0 Å². The van der Waals surface area contributed by atoms with Gasteiger partial charge in [-0.1, -0.05) is 20.8 Å². The summed E-state index contributed by atoms with van der Waals surface area (Å²) in [4.78, 5) is 11.6. The van der Waals surface area contributed by atoms with Gasteiger partial charge in [0.2, 0.25) is 5.91 Å². The molecule has 1 atom stereocenters. The molecule has 1 rings (SSSR count). The van der Waals surface area contributed by atoms with E-state index in [0.717, 1.165) is 32.6 Å². The average molecular weight is 227 g/mol. The summed E-state index contributed by atoms with van der Waals surface area (Å²) in [5.74, 6) is 0.773. The highest BCUT2D eigenvalue weighted by Gasteiger charge is 2.16. The van der Waals surface area contributed by atoms with Crippen molar-refractivity contribution in [1.29, 1.82) is 0 Å². The quantitative estimate of drug-likeness (QED) is 0.800. The minimum atomic E-state index is 0.170. The number of nitrogens with one attached hydrogen (secondary N) is 1. The number of carbonyl (C=O) groups is 1. The molecule has 0 saturated carbocycles. The van der Waals surface area contributed by atoms with E-state index in [-0.39, 0.29) is 11.3 Å². The Balaban J connectivity index is 2.09. The topological polar surface area (TPSA) is 38.3 Å². The van der Waals surface area contributed by atoms with Gasteiger partial charge in [-0.05, 0) is 30.6 Å². The lowest BCUT2D eigenvalue weighted by atomic mass is 9.95. The lowest BCUT2D eigenvalue weighted by Gasteiger charge is -2.22. The molecule has 1 saturated heterocycles. The van der Waals surface area contributed by atoms with Gasteiger partial charge in [0, 0.05) is 26.2 Å². The minimum Gasteiger partial charge on any atom is -0.381 e. The number of carbonyl (C=O) groups excluding carboxylic acids is 1. The molecule has 0 bridgehead atoms. The molecule has 1 heterocycles. The fourth-order valence-electron chi connectivity index (χ4n) is 1.82. The molecule has 0 aromatic carbocycles. The largest absolute Gasteiger partial charge is 0.381 e. The summed E-state index contributed by atoms with van der Waals surface area (Å²) in [6.45, 7) is 8.87. The van der Waals surface area contributed by atoms with Crippen LogP contribution in [0.15, 0.2) is 0 Å². The van der Waals surface area contributed by atoms with Crippen molar-refractivity contribution >= 4 is 5.91 Å². The van der Waals surface area contributed by atoms with Crippen LogP contribution in [-0.4, -0.2) is 25.7 Å². The maximum absolute atomic E-state index is 11.6. The molecule has 1 amide bonds. The van der Waals surface area contributed by atoms with Gasteiger partial charge in [-0.25, -0.2) is 0 Å². The van der Waals surface area contributed by atoms with E-state index in [9.17, 15) is 4.79 Å². The SMILES string of the molecule is CC(C)(C)CNC(=O)CCC1CCCOC1. The van der Waals surface area contributed by atoms with Crippen LogP contribution in [0.1, 0.15) is 46.5 Å². The van der Waals surface area contributed by atoms with Crippen molar-refractivity contribution in [3.05, 3.63) is 0 Å². The third-order valence-electron chi connectivity index (χ3n) is 2.85. The highest BCUT2D eigenvalue weighted by atomic mass is 16.5. The van der Waals surface area contributed by atoms with Crippen LogP contribution in [0.2, 0.25) is 0 Å². The fourth-order valence-corrected chi connectivity index (χ4v) is 1.82. The molecule has 94 valence electrons. The number of amides is 1. The Morgan fingerprint density at radius 3 is 2.75 bits per heavy atom. The standard InChI is InChI=1S/C13H25NO2/c1-13(2,3)10-14-12(15)7-6-11-5-4-8-16-9-11/h11H,4-10H2,1-3H3,(H,14,15). The highest BCUT2D eigenvalue weighted by molar-refractivity contribution is 5.75. The van der Waals surface area contributed by atoms with E-state index in [2.05, 4.69) is 26.1 Å². The Hall–Kier alpha value is -0.570. The molecule has 3 nitrogen and oxygen atoms in total. The lowest BCUT2D eigenvalue weighted by molar-refractivity contribution is -0.122. The molecule has 1 aliphatic rings. The molecule has 0 aromatic rings. The van der Waals surface area contributed by atoms with Crippen LogP contribution in [-0.2, 0) is 9.53 Å². The molecule has 0 radical (unpaired) electrons. The predicted molar refractivity (Wildman–Crippen MR) is 65.2 cm³/mol. The summed E-state index contributed by atoms with van der Waals surface area (Å²) in [6, 6.07) is 0. The Kier molecular flexibility index (Phi) is 5.26. The molecule has 16 heavy (non-hydrogen) atoms. The summed E-state index contributed by atoms with van der Waals surface area (Å²) in [6.07, 6.45) is 3.97. The maximum Gasteiger partial charge on any atom is 0.220 e. The number of rotatable bonds is 4. The predicted octanol–water partition coefficient (Wildman–Crippen LogP) is 2.36. The Morgan fingerprint density at radius 1 is 1.44 bits per heavy atom. The Morgan fingerprint density at radius 2 is 2.19 bits per heavy atom. The molecule has 1 aliphatic heterocycles. The van der Waals surface area contributed by atoms with Crippen molar-refractivity contribution in [2.24, 2.45) is 11.3 Å². The van der Waals surface area contributed by atoms with Gasteiger partial charge in [0.05, 0.1) is 0 Å². The third kappa shape index (κ3) is 6.11. The maximum atomic E-state index is 11.6. The van der Waals surface area contributed by atoms with Gasteiger partial charge >= 0.3 is 0 Å². The van der Waals surface area contributed by atoms with E-state index in [1.165, 1.54) is 6.42 Å². The zero-order valence-corrected chi connectivity index (χ0v) is 10.8. The van der Waals surface area contributed by atoms with Gasteiger partial charge in [0.25, 0.3) is 0 Å². The molecule has 0 spiro atoms. The summed E-state index contributed by atoms with van der Waals surface area (Å²) < 4.78 is 5.40. The third-order valence-corrected chi connectivity index (χ3v) is 2.85. The van der Waals surface area contributed by atoms with Crippen LogP contribution in [0.4, 0.5) is 0 Å². The summed E-state index contributed by atoms with van der Waals surface area (Å²) in [5.41, 5.74) is 0.170. The van der Waals surface area contributed by atoms with E-state index >= 15 is 0 Å². The van der Waals surface area contributed by atoms with Crippen molar-refractivity contribution < 1.29 is 9.53 Å². The Labute approximate surface area is 98.9 Å². The van der Waals surface area contributed by atoms with Crippen molar-refractivity contribution in [3.63, 3.8) is 0 Å². The van der Waals surface area contributed by atoms with Crippen LogP contribution >= 0.6 is 0 Å². The lowest BCUT2D eigenvalue weighted by Crippen LogP contribution is -2.32. The van der Waals surface area contributed by atoms with Gasteiger partial charge < -0.3 is 10.1 Å². The summed E-state index contributed by atoms with van der Waals surface area (Å²) in [5, 5.41) is 2.98. The van der Waals surface area contributed by atoms with E-state index in [1.54, 1.807) is 0 Å². The van der Waals surface area contributed by atoms with Crippen LogP contribution in [0.25, 0.3) is 0 Å². The van der Waals surface area contributed by atoms with Crippen LogP contribution < -0.4 is 5.32 Å². The number of hydrogen-bond donors (Lipinski definition) is 1. The Bertz CT molecular complexity index is 214.